The molecule has 0 N–H and O–H groups in total. The van der Waals surface area contributed by atoms with Gasteiger partial charge in [0.1, 0.15) is 0 Å². The van der Waals surface area contributed by atoms with Gasteiger partial charge >= 0.3 is 5.97 Å². The number of amides is 1. The van der Waals surface area contributed by atoms with Gasteiger partial charge < -0.3 is 9.64 Å². The number of methoxy groups -OCH3 is 1. The second kappa shape index (κ2) is 7.48. The molecule has 0 saturated carbocycles. The predicted molar refractivity (Wildman–Crippen MR) is 105 cm³/mol. The van der Waals surface area contributed by atoms with Crippen LogP contribution in [-0.4, -0.2) is 26.0 Å². The van der Waals surface area contributed by atoms with E-state index in [0.717, 1.165) is 18.5 Å². The Kier molecular flexibility index (Phi) is 5.74. The highest BCUT2D eigenvalue weighted by atomic mass is 16.5. The predicted octanol–water partition coefficient (Wildman–Crippen LogP) is 4.28. The summed E-state index contributed by atoms with van der Waals surface area (Å²) in [6.45, 7) is 9.10. The van der Waals surface area contributed by atoms with Gasteiger partial charge in [0.15, 0.2) is 0 Å². The first-order valence-electron chi connectivity index (χ1n) is 8.94. The lowest BCUT2D eigenvalue weighted by molar-refractivity contribution is -0.134. The van der Waals surface area contributed by atoms with E-state index in [0.29, 0.717) is 0 Å². The minimum Gasteiger partial charge on any atom is -0.466 e. The maximum absolute atomic E-state index is 12.4. The first kappa shape index (κ1) is 20.0. The van der Waals surface area contributed by atoms with Gasteiger partial charge in [0, 0.05) is 24.9 Å². The van der Waals surface area contributed by atoms with Crippen molar-refractivity contribution in [3.8, 4) is 0 Å². The van der Waals surface area contributed by atoms with Gasteiger partial charge in [-0.25, -0.2) is 4.79 Å². The number of esters is 1. The van der Waals surface area contributed by atoms with Crippen molar-refractivity contribution >= 4 is 17.6 Å². The molecule has 1 aromatic rings. The van der Waals surface area contributed by atoms with Crippen molar-refractivity contribution in [2.24, 2.45) is 0 Å². The minimum atomic E-state index is -0.449. The van der Waals surface area contributed by atoms with Crippen LogP contribution in [0.4, 0.5) is 5.69 Å². The molecular formula is C22H29NO3. The maximum atomic E-state index is 12.4. The summed E-state index contributed by atoms with van der Waals surface area (Å²) in [5.41, 5.74) is 3.82. The molecule has 0 atom stereocenters. The van der Waals surface area contributed by atoms with E-state index >= 15 is 0 Å². The zero-order valence-corrected chi connectivity index (χ0v) is 16.6. The molecule has 4 heteroatoms. The van der Waals surface area contributed by atoms with Gasteiger partial charge in [-0.3, -0.25) is 4.79 Å². The summed E-state index contributed by atoms with van der Waals surface area (Å²) in [4.78, 5) is 25.1. The summed E-state index contributed by atoms with van der Waals surface area (Å²) < 4.78 is 4.51. The SMILES string of the molecule is COC(=O)/C=C/C=C/C(=O)N(C)c1ccc2c(c1)C(C)(C)CCC2(C)C. The van der Waals surface area contributed by atoms with Crippen molar-refractivity contribution in [2.45, 2.75) is 51.4 Å². The van der Waals surface area contributed by atoms with E-state index in [-0.39, 0.29) is 16.7 Å². The van der Waals surface area contributed by atoms with Crippen LogP contribution >= 0.6 is 0 Å². The molecule has 0 saturated heterocycles. The number of benzene rings is 1. The molecule has 0 radical (unpaired) electrons. The summed E-state index contributed by atoms with van der Waals surface area (Å²) in [5.74, 6) is -0.595. The monoisotopic (exact) mass is 355 g/mol. The Bertz CT molecular complexity index is 757. The molecule has 1 aromatic carbocycles. The number of ether oxygens (including phenoxy) is 1. The molecule has 140 valence electrons. The zero-order valence-electron chi connectivity index (χ0n) is 16.6. The lowest BCUT2D eigenvalue weighted by Crippen LogP contribution is -2.34. The molecule has 0 unspecified atom stereocenters. The van der Waals surface area contributed by atoms with Crippen molar-refractivity contribution in [3.05, 3.63) is 53.6 Å². The molecule has 1 aliphatic carbocycles. The highest BCUT2D eigenvalue weighted by Gasteiger charge is 2.37. The number of hydrogen-bond donors (Lipinski definition) is 0. The highest BCUT2D eigenvalue weighted by molar-refractivity contribution is 6.01. The lowest BCUT2D eigenvalue weighted by atomic mass is 9.63. The van der Waals surface area contributed by atoms with Crippen molar-refractivity contribution in [1.82, 2.24) is 0 Å². The first-order chi connectivity index (χ1) is 12.1. The number of hydrogen-bond acceptors (Lipinski definition) is 3. The molecule has 4 nitrogen and oxygen atoms in total. The van der Waals surface area contributed by atoms with E-state index in [1.54, 1.807) is 18.0 Å². The molecule has 0 heterocycles. The quantitative estimate of drug-likeness (QED) is 0.460. The largest absolute Gasteiger partial charge is 0.466 e. The average molecular weight is 355 g/mol. The fraction of sp³-hybridized carbons (Fsp3) is 0.455. The Labute approximate surface area is 156 Å². The number of carbonyl (C=O) groups excluding carboxylic acids is 2. The molecule has 2 rings (SSSR count). The Morgan fingerprint density at radius 2 is 1.58 bits per heavy atom. The van der Waals surface area contributed by atoms with Crippen molar-refractivity contribution in [2.75, 3.05) is 19.1 Å². The standard InChI is InChI=1S/C22H29NO3/c1-21(2)13-14-22(3,4)18-15-16(11-12-17(18)21)23(5)19(24)9-7-8-10-20(25)26-6/h7-12,15H,13-14H2,1-6H3/b9-7+,10-8+. The first-order valence-corrected chi connectivity index (χ1v) is 8.94. The minimum absolute atomic E-state index is 0.101. The van der Waals surface area contributed by atoms with E-state index in [1.807, 2.05) is 6.07 Å². The molecule has 0 bridgehead atoms. The van der Waals surface area contributed by atoms with Crippen LogP contribution in [0.3, 0.4) is 0 Å². The van der Waals surface area contributed by atoms with Crippen molar-refractivity contribution in [3.63, 3.8) is 0 Å². The Balaban J connectivity index is 2.24. The van der Waals surface area contributed by atoms with E-state index in [2.05, 4.69) is 44.6 Å². The lowest BCUT2D eigenvalue weighted by Gasteiger charge is -2.42. The summed E-state index contributed by atoms with van der Waals surface area (Å²) in [6, 6.07) is 6.32. The number of carbonyl (C=O) groups is 2. The molecule has 1 aliphatic rings. The second-order valence-corrected chi connectivity index (χ2v) is 8.14. The normalized spacial score (nSPS) is 17.9. The van der Waals surface area contributed by atoms with E-state index < -0.39 is 5.97 Å². The fourth-order valence-electron chi connectivity index (χ4n) is 3.36. The van der Waals surface area contributed by atoms with Gasteiger partial charge in [0.2, 0.25) is 0 Å². The molecule has 0 aromatic heterocycles. The van der Waals surface area contributed by atoms with Gasteiger partial charge in [-0.05, 0) is 46.9 Å². The number of fused-ring (bicyclic) bond motifs is 1. The number of anilines is 1. The van der Waals surface area contributed by atoms with Crippen LogP contribution in [-0.2, 0) is 25.2 Å². The van der Waals surface area contributed by atoms with E-state index in [4.69, 9.17) is 0 Å². The van der Waals surface area contributed by atoms with E-state index in [9.17, 15) is 9.59 Å². The molecular weight excluding hydrogens is 326 g/mol. The Morgan fingerprint density at radius 3 is 2.19 bits per heavy atom. The number of allylic oxidation sites excluding steroid dienone is 2. The van der Waals surface area contributed by atoms with Crippen LogP contribution < -0.4 is 4.90 Å². The van der Waals surface area contributed by atoms with Gasteiger partial charge in [-0.2, -0.15) is 0 Å². The van der Waals surface area contributed by atoms with Crippen LogP contribution in [0.5, 0.6) is 0 Å². The summed E-state index contributed by atoms with van der Waals surface area (Å²) >= 11 is 0. The third-order valence-corrected chi connectivity index (χ3v) is 5.34. The van der Waals surface area contributed by atoms with Crippen LogP contribution in [0.1, 0.15) is 51.7 Å². The van der Waals surface area contributed by atoms with Gasteiger partial charge in [0.05, 0.1) is 7.11 Å². The molecule has 26 heavy (non-hydrogen) atoms. The smallest absolute Gasteiger partial charge is 0.330 e. The number of nitrogens with zero attached hydrogens (tertiary/aromatic N) is 1. The summed E-state index contributed by atoms with van der Waals surface area (Å²) in [6.07, 6.45) is 8.04. The van der Waals surface area contributed by atoms with Crippen LogP contribution in [0.2, 0.25) is 0 Å². The zero-order chi connectivity index (χ0) is 19.5. The van der Waals surface area contributed by atoms with Gasteiger partial charge in [-0.1, -0.05) is 45.9 Å². The topological polar surface area (TPSA) is 46.6 Å². The third-order valence-electron chi connectivity index (χ3n) is 5.34. The van der Waals surface area contributed by atoms with Crippen molar-refractivity contribution in [1.29, 1.82) is 0 Å². The number of likely N-dealkylation sites (N-methyl/N-ethyl adjacent to an activating group) is 1. The van der Waals surface area contributed by atoms with Crippen molar-refractivity contribution < 1.29 is 14.3 Å². The molecule has 0 aliphatic heterocycles. The maximum Gasteiger partial charge on any atom is 0.330 e. The fourth-order valence-corrected chi connectivity index (χ4v) is 3.36. The Hall–Kier alpha value is -2.36. The van der Waals surface area contributed by atoms with Gasteiger partial charge in [0.25, 0.3) is 5.91 Å². The molecule has 1 amide bonds. The van der Waals surface area contributed by atoms with Gasteiger partial charge in [-0.15, -0.1) is 0 Å². The summed E-state index contributed by atoms with van der Waals surface area (Å²) in [7, 11) is 3.08. The summed E-state index contributed by atoms with van der Waals surface area (Å²) in [5, 5.41) is 0. The third kappa shape index (κ3) is 4.24. The molecule has 0 fully saturated rings. The highest BCUT2D eigenvalue weighted by Crippen LogP contribution is 2.46. The van der Waals surface area contributed by atoms with Crippen LogP contribution in [0.15, 0.2) is 42.5 Å². The van der Waals surface area contributed by atoms with E-state index in [1.165, 1.54) is 36.5 Å². The Morgan fingerprint density at radius 1 is 1.00 bits per heavy atom. The number of rotatable bonds is 4. The van der Waals surface area contributed by atoms with Crippen LogP contribution in [0.25, 0.3) is 0 Å². The second-order valence-electron chi connectivity index (χ2n) is 8.14. The molecule has 0 spiro atoms. The average Bonchev–Trinajstić information content (AvgIpc) is 2.61. The van der Waals surface area contributed by atoms with Crippen LogP contribution in [0, 0.1) is 0 Å².